The average molecular weight is 509 g/mol. The number of nitrogens with zero attached hydrogens (tertiary/aromatic N) is 3. The molecule has 2 aromatic carbocycles. The molecule has 0 atom stereocenters. The van der Waals surface area contributed by atoms with Crippen molar-refractivity contribution in [1.82, 2.24) is 14.5 Å². The molecule has 0 radical (unpaired) electrons. The van der Waals surface area contributed by atoms with Crippen molar-refractivity contribution in [1.29, 1.82) is 0 Å². The molecule has 5 rings (SSSR count). The van der Waals surface area contributed by atoms with E-state index in [4.69, 9.17) is 4.98 Å². The highest BCUT2D eigenvalue weighted by Gasteiger charge is 2.26. The number of thiophene rings is 1. The Kier molecular flexibility index (Phi) is 8.57. The number of fused-ring (bicyclic) bond motifs is 1. The normalized spacial score (nSPS) is 11.1. The van der Waals surface area contributed by atoms with Crippen LogP contribution >= 0.6 is 11.3 Å². The van der Waals surface area contributed by atoms with Gasteiger partial charge in [-0.2, -0.15) is 0 Å². The zero-order chi connectivity index (χ0) is 26.4. The van der Waals surface area contributed by atoms with Crippen LogP contribution in [-0.2, 0) is 6.42 Å². The van der Waals surface area contributed by atoms with Gasteiger partial charge in [0.1, 0.15) is 12.1 Å². The van der Waals surface area contributed by atoms with E-state index in [0.29, 0.717) is 0 Å². The molecule has 4 nitrogen and oxygen atoms in total. The highest BCUT2D eigenvalue weighted by atomic mass is 32.1. The van der Waals surface area contributed by atoms with Gasteiger partial charge in [0, 0.05) is 39.0 Å². The monoisotopic (exact) mass is 508 g/mol. The number of rotatable bonds is 7. The molecule has 190 valence electrons. The number of hydrogen-bond donors (Lipinski definition) is 1. The number of aromatic nitrogens is 3. The highest BCUT2D eigenvalue weighted by Crippen LogP contribution is 2.47. The van der Waals surface area contributed by atoms with Gasteiger partial charge >= 0.3 is 0 Å². The van der Waals surface area contributed by atoms with E-state index < -0.39 is 0 Å². The van der Waals surface area contributed by atoms with E-state index in [0.717, 1.165) is 46.8 Å². The highest BCUT2D eigenvalue weighted by molar-refractivity contribution is 7.12. The summed E-state index contributed by atoms with van der Waals surface area (Å²) in [6.07, 6.45) is 8.98. The van der Waals surface area contributed by atoms with Crippen LogP contribution in [0.5, 0.6) is 0 Å². The lowest BCUT2D eigenvalue weighted by Gasteiger charge is -2.16. The van der Waals surface area contributed by atoms with E-state index in [2.05, 4.69) is 103 Å². The summed E-state index contributed by atoms with van der Waals surface area (Å²) >= 11 is 1.89. The fourth-order valence-electron chi connectivity index (χ4n) is 4.89. The fourth-order valence-corrected chi connectivity index (χ4v) is 6.00. The van der Waals surface area contributed by atoms with E-state index in [1.807, 2.05) is 37.4 Å². The molecule has 0 aliphatic rings. The SMILES string of the molecule is C/C=C\c1c(CC)sc(C)c1-c1c(NCC)c2ccccc2n1-c1ncncc1-c1ccccc1.CC. The van der Waals surface area contributed by atoms with Crippen molar-refractivity contribution >= 4 is 34.0 Å². The van der Waals surface area contributed by atoms with Gasteiger partial charge in [-0.15, -0.1) is 11.3 Å². The minimum Gasteiger partial charge on any atom is -0.383 e. The third-order valence-corrected chi connectivity index (χ3v) is 7.57. The lowest BCUT2D eigenvalue weighted by atomic mass is 10.0. The second kappa shape index (κ2) is 12.0. The van der Waals surface area contributed by atoms with Crippen LogP contribution in [0, 0.1) is 6.92 Å². The van der Waals surface area contributed by atoms with Gasteiger partial charge in [0.05, 0.1) is 16.9 Å². The number of aryl methyl sites for hydroxylation is 2. The molecule has 5 heteroatoms. The van der Waals surface area contributed by atoms with Gasteiger partial charge in [0.15, 0.2) is 0 Å². The van der Waals surface area contributed by atoms with Crippen LogP contribution in [0.3, 0.4) is 0 Å². The first-order chi connectivity index (χ1) is 18.2. The van der Waals surface area contributed by atoms with Gasteiger partial charge in [-0.1, -0.05) is 81.5 Å². The van der Waals surface area contributed by atoms with Crippen LogP contribution in [-0.4, -0.2) is 21.1 Å². The van der Waals surface area contributed by atoms with Crippen molar-refractivity contribution in [2.24, 2.45) is 0 Å². The first-order valence-corrected chi connectivity index (χ1v) is 14.0. The van der Waals surface area contributed by atoms with Crippen molar-refractivity contribution in [3.05, 3.63) is 88.5 Å². The molecule has 0 bridgehead atoms. The lowest BCUT2D eigenvalue weighted by Crippen LogP contribution is -2.05. The molecule has 3 aromatic heterocycles. The predicted octanol–water partition coefficient (Wildman–Crippen LogP) is 9.18. The number of nitrogens with one attached hydrogen (secondary N) is 1. The molecule has 0 aliphatic carbocycles. The summed E-state index contributed by atoms with van der Waals surface area (Å²) in [6, 6.07) is 19.0. The van der Waals surface area contributed by atoms with Gasteiger partial charge < -0.3 is 5.32 Å². The Morgan fingerprint density at radius 2 is 1.73 bits per heavy atom. The average Bonchev–Trinajstić information content (AvgIpc) is 3.44. The number of allylic oxidation sites excluding steroid dienone is 1. The summed E-state index contributed by atoms with van der Waals surface area (Å²) in [5.74, 6) is 0.886. The van der Waals surface area contributed by atoms with Gasteiger partial charge in [0.25, 0.3) is 0 Å². The lowest BCUT2D eigenvalue weighted by molar-refractivity contribution is 1.02. The molecule has 0 unspecified atom stereocenters. The molecule has 0 aliphatic heterocycles. The second-order valence-corrected chi connectivity index (χ2v) is 9.77. The Morgan fingerprint density at radius 1 is 1.00 bits per heavy atom. The van der Waals surface area contributed by atoms with Crippen molar-refractivity contribution in [2.75, 3.05) is 11.9 Å². The zero-order valence-corrected chi connectivity index (χ0v) is 23.5. The molecular weight excluding hydrogens is 472 g/mol. The van der Waals surface area contributed by atoms with E-state index in [9.17, 15) is 0 Å². The van der Waals surface area contributed by atoms with Gasteiger partial charge in [0.2, 0.25) is 0 Å². The quantitative estimate of drug-likeness (QED) is 0.238. The third kappa shape index (κ3) is 4.84. The number of benzene rings is 2. The van der Waals surface area contributed by atoms with Crippen LogP contribution < -0.4 is 5.32 Å². The first kappa shape index (κ1) is 26.4. The van der Waals surface area contributed by atoms with E-state index in [-0.39, 0.29) is 0 Å². The Hall–Kier alpha value is -3.70. The Labute approximate surface area is 224 Å². The Morgan fingerprint density at radius 3 is 2.43 bits per heavy atom. The maximum absolute atomic E-state index is 4.88. The van der Waals surface area contributed by atoms with Crippen molar-refractivity contribution in [3.63, 3.8) is 0 Å². The third-order valence-electron chi connectivity index (χ3n) is 6.31. The summed E-state index contributed by atoms with van der Waals surface area (Å²) < 4.78 is 2.33. The molecular formula is C32H36N4S. The molecule has 0 spiro atoms. The smallest absolute Gasteiger partial charge is 0.148 e. The first-order valence-electron chi connectivity index (χ1n) is 13.2. The Bertz CT molecular complexity index is 1510. The largest absolute Gasteiger partial charge is 0.383 e. The molecule has 5 aromatic rings. The molecule has 0 fully saturated rings. The van der Waals surface area contributed by atoms with Gasteiger partial charge in [-0.25, -0.2) is 9.97 Å². The van der Waals surface area contributed by atoms with Crippen LogP contribution in [0.4, 0.5) is 5.69 Å². The zero-order valence-electron chi connectivity index (χ0n) is 22.7. The summed E-state index contributed by atoms with van der Waals surface area (Å²) in [6.45, 7) is 13.6. The summed E-state index contributed by atoms with van der Waals surface area (Å²) in [5, 5.41) is 4.90. The molecule has 37 heavy (non-hydrogen) atoms. The summed E-state index contributed by atoms with van der Waals surface area (Å²) in [4.78, 5) is 12.0. The summed E-state index contributed by atoms with van der Waals surface area (Å²) in [7, 11) is 0. The second-order valence-electron chi connectivity index (χ2n) is 8.46. The topological polar surface area (TPSA) is 42.7 Å². The van der Waals surface area contributed by atoms with E-state index in [1.165, 1.54) is 26.3 Å². The fraction of sp³-hybridized carbons (Fsp3) is 0.250. The molecule has 0 saturated carbocycles. The standard InChI is InChI=1S/C30H30N4S.C2H6/c1-5-13-23-26(6-2)35-20(4)27(23)29-28(32-7-3)22-16-11-12-17-25(22)34(29)30-24(18-31-19-33-30)21-14-9-8-10-15-21;1-2/h5,8-19,32H,6-7H2,1-4H3;1-2H3/b13-5-;. The van der Waals surface area contributed by atoms with E-state index >= 15 is 0 Å². The molecule has 0 saturated heterocycles. The number of para-hydroxylation sites is 1. The molecule has 3 heterocycles. The van der Waals surface area contributed by atoms with Crippen LogP contribution in [0.15, 0.2) is 73.2 Å². The summed E-state index contributed by atoms with van der Waals surface area (Å²) in [5.41, 5.74) is 8.12. The van der Waals surface area contributed by atoms with Crippen molar-refractivity contribution < 1.29 is 0 Å². The van der Waals surface area contributed by atoms with Crippen LogP contribution in [0.1, 0.15) is 49.9 Å². The molecule has 1 N–H and O–H groups in total. The maximum atomic E-state index is 4.88. The maximum Gasteiger partial charge on any atom is 0.148 e. The van der Waals surface area contributed by atoms with Crippen LogP contribution in [0.2, 0.25) is 0 Å². The number of hydrogen-bond acceptors (Lipinski definition) is 4. The van der Waals surface area contributed by atoms with Crippen LogP contribution in [0.25, 0.3) is 45.2 Å². The number of anilines is 1. The predicted molar refractivity (Wildman–Crippen MR) is 162 cm³/mol. The van der Waals surface area contributed by atoms with Crippen molar-refractivity contribution in [3.8, 4) is 28.2 Å². The minimum atomic E-state index is 0.832. The minimum absolute atomic E-state index is 0.832. The van der Waals surface area contributed by atoms with Gasteiger partial charge in [-0.3, -0.25) is 4.57 Å². The van der Waals surface area contributed by atoms with Gasteiger partial charge in [-0.05, 0) is 44.4 Å². The van der Waals surface area contributed by atoms with Crippen molar-refractivity contribution in [2.45, 2.75) is 48.0 Å². The molecule has 0 amide bonds. The van der Waals surface area contributed by atoms with E-state index in [1.54, 1.807) is 6.33 Å². The Balaban J connectivity index is 0.00000156.